The van der Waals surface area contributed by atoms with Crippen molar-refractivity contribution in [2.24, 2.45) is 5.10 Å². The highest BCUT2D eigenvalue weighted by Crippen LogP contribution is 2.21. The molecule has 0 aliphatic carbocycles. The number of rotatable bonds is 4. The number of carboxylic acid groups (broad SMARTS) is 1. The van der Waals surface area contributed by atoms with Crippen LogP contribution in [0.4, 0.5) is 5.69 Å². The average molecular weight is 323 g/mol. The molecule has 6 heteroatoms. The van der Waals surface area contributed by atoms with Gasteiger partial charge in [0.05, 0.1) is 17.0 Å². The van der Waals surface area contributed by atoms with E-state index in [-0.39, 0.29) is 5.56 Å². The molecule has 2 aromatic rings. The molecule has 0 spiro atoms. The van der Waals surface area contributed by atoms with E-state index in [1.54, 1.807) is 37.3 Å². The topological polar surface area (TPSA) is 61.7 Å². The molecule has 2 N–H and O–H groups in total. The first-order chi connectivity index (χ1) is 9.97. The normalized spacial score (nSPS) is 11.3. The minimum Gasteiger partial charge on any atom is -0.478 e. The largest absolute Gasteiger partial charge is 0.478 e. The van der Waals surface area contributed by atoms with Crippen molar-refractivity contribution in [1.29, 1.82) is 0 Å². The second-order valence-electron chi connectivity index (χ2n) is 4.32. The van der Waals surface area contributed by atoms with E-state index in [1.807, 2.05) is 0 Å². The van der Waals surface area contributed by atoms with Crippen molar-refractivity contribution in [2.45, 2.75) is 6.92 Å². The van der Waals surface area contributed by atoms with Crippen LogP contribution in [0.2, 0.25) is 10.0 Å². The summed E-state index contributed by atoms with van der Waals surface area (Å²) in [6.07, 6.45) is 0. The lowest BCUT2D eigenvalue weighted by molar-refractivity contribution is 0.0697. The highest BCUT2D eigenvalue weighted by atomic mass is 35.5. The summed E-state index contributed by atoms with van der Waals surface area (Å²) in [5.41, 5.74) is 5.15. The Balaban J connectivity index is 2.16. The number of anilines is 1. The van der Waals surface area contributed by atoms with Gasteiger partial charge in [0.25, 0.3) is 0 Å². The van der Waals surface area contributed by atoms with Gasteiger partial charge in [0.2, 0.25) is 0 Å². The van der Waals surface area contributed by atoms with Crippen molar-refractivity contribution in [3.8, 4) is 0 Å². The number of nitrogens with one attached hydrogen (secondary N) is 1. The van der Waals surface area contributed by atoms with Gasteiger partial charge in [-0.2, -0.15) is 5.10 Å². The van der Waals surface area contributed by atoms with Crippen molar-refractivity contribution in [3.63, 3.8) is 0 Å². The molecule has 0 unspecified atom stereocenters. The predicted octanol–water partition coefficient (Wildman–Crippen LogP) is 4.53. The molecule has 0 bridgehead atoms. The second kappa shape index (κ2) is 6.61. The van der Waals surface area contributed by atoms with E-state index < -0.39 is 5.97 Å². The van der Waals surface area contributed by atoms with Crippen LogP contribution in [0.5, 0.6) is 0 Å². The minimum absolute atomic E-state index is 0.221. The Morgan fingerprint density at radius 3 is 2.43 bits per heavy atom. The Kier molecular flexibility index (Phi) is 4.83. The number of hydrogen-bond acceptors (Lipinski definition) is 3. The van der Waals surface area contributed by atoms with E-state index in [0.717, 1.165) is 5.56 Å². The van der Waals surface area contributed by atoms with E-state index in [1.165, 1.54) is 12.1 Å². The number of halogens is 2. The molecule has 4 nitrogen and oxygen atoms in total. The summed E-state index contributed by atoms with van der Waals surface area (Å²) in [5.74, 6) is -0.966. The molecule has 0 atom stereocenters. The van der Waals surface area contributed by atoms with E-state index in [0.29, 0.717) is 21.4 Å². The SMILES string of the molecule is C/C(=N/Nc1ccc(C(=O)O)cc1)c1cc(Cl)ccc1Cl. The van der Waals surface area contributed by atoms with Crippen LogP contribution < -0.4 is 5.43 Å². The van der Waals surface area contributed by atoms with Crippen LogP contribution in [0.3, 0.4) is 0 Å². The molecular weight excluding hydrogens is 311 g/mol. The number of nitrogens with zero attached hydrogens (tertiary/aromatic N) is 1. The van der Waals surface area contributed by atoms with Crippen molar-refractivity contribution in [2.75, 3.05) is 5.43 Å². The van der Waals surface area contributed by atoms with E-state index in [4.69, 9.17) is 28.3 Å². The molecule has 21 heavy (non-hydrogen) atoms. The van der Waals surface area contributed by atoms with E-state index in [2.05, 4.69) is 10.5 Å². The van der Waals surface area contributed by atoms with Crippen molar-refractivity contribution < 1.29 is 9.90 Å². The van der Waals surface area contributed by atoms with Gasteiger partial charge in [-0.25, -0.2) is 4.79 Å². The molecule has 2 aromatic carbocycles. The Morgan fingerprint density at radius 1 is 1.14 bits per heavy atom. The molecule has 0 aliphatic heterocycles. The Morgan fingerprint density at radius 2 is 1.81 bits per heavy atom. The Hall–Kier alpha value is -2.04. The van der Waals surface area contributed by atoms with E-state index >= 15 is 0 Å². The summed E-state index contributed by atoms with van der Waals surface area (Å²) in [6, 6.07) is 11.4. The molecule has 0 aromatic heterocycles. The van der Waals surface area contributed by atoms with Crippen molar-refractivity contribution >= 4 is 40.6 Å². The standard InChI is InChI=1S/C15H12Cl2N2O2/c1-9(13-8-11(16)4-7-14(13)17)18-19-12-5-2-10(3-6-12)15(20)21/h2-8,19H,1H3,(H,20,21)/b18-9-. The molecule has 0 aliphatic rings. The number of hydrogen-bond donors (Lipinski definition) is 2. The lowest BCUT2D eigenvalue weighted by Gasteiger charge is -2.06. The zero-order valence-corrected chi connectivity index (χ0v) is 12.6. The maximum Gasteiger partial charge on any atom is 0.335 e. The van der Waals surface area contributed by atoms with Crippen LogP contribution in [0.15, 0.2) is 47.6 Å². The number of carbonyl (C=O) groups is 1. The van der Waals surface area contributed by atoms with Gasteiger partial charge in [0.1, 0.15) is 0 Å². The van der Waals surface area contributed by atoms with Gasteiger partial charge in [-0.1, -0.05) is 23.2 Å². The molecule has 0 heterocycles. The number of aromatic carboxylic acids is 1. The van der Waals surface area contributed by atoms with Crippen LogP contribution in [-0.2, 0) is 0 Å². The van der Waals surface area contributed by atoms with E-state index in [9.17, 15) is 4.79 Å². The number of carboxylic acids is 1. The zero-order valence-electron chi connectivity index (χ0n) is 11.1. The third-order valence-electron chi connectivity index (χ3n) is 2.80. The molecule has 0 saturated carbocycles. The van der Waals surface area contributed by atoms with Gasteiger partial charge < -0.3 is 5.11 Å². The first-order valence-electron chi connectivity index (χ1n) is 6.06. The molecule has 0 saturated heterocycles. The third kappa shape index (κ3) is 3.97. The molecule has 108 valence electrons. The molecule has 2 rings (SSSR count). The molecule has 0 fully saturated rings. The summed E-state index contributed by atoms with van der Waals surface area (Å²) in [4.78, 5) is 10.8. The highest BCUT2D eigenvalue weighted by molar-refractivity contribution is 6.36. The molecule has 0 amide bonds. The highest BCUT2D eigenvalue weighted by Gasteiger charge is 2.05. The average Bonchev–Trinajstić information content (AvgIpc) is 2.47. The number of hydrazone groups is 1. The van der Waals surface area contributed by atoms with Gasteiger partial charge >= 0.3 is 5.97 Å². The summed E-state index contributed by atoms with van der Waals surface area (Å²) in [6.45, 7) is 1.80. The molecular formula is C15H12Cl2N2O2. The van der Waals surface area contributed by atoms with Gasteiger partial charge in [-0.3, -0.25) is 5.43 Å². The van der Waals surface area contributed by atoms with Gasteiger partial charge in [0.15, 0.2) is 0 Å². The summed E-state index contributed by atoms with van der Waals surface area (Å²) in [5, 5.41) is 14.2. The van der Waals surface area contributed by atoms with Crippen LogP contribution in [0.1, 0.15) is 22.8 Å². The van der Waals surface area contributed by atoms with Crippen molar-refractivity contribution in [3.05, 3.63) is 63.6 Å². The van der Waals surface area contributed by atoms with Crippen LogP contribution in [0.25, 0.3) is 0 Å². The Labute approximate surface area is 132 Å². The van der Waals surface area contributed by atoms with Crippen LogP contribution >= 0.6 is 23.2 Å². The fourth-order valence-corrected chi connectivity index (χ4v) is 2.10. The monoisotopic (exact) mass is 322 g/mol. The summed E-state index contributed by atoms with van der Waals surface area (Å²) in [7, 11) is 0. The third-order valence-corrected chi connectivity index (χ3v) is 3.37. The van der Waals surface area contributed by atoms with Crippen LogP contribution in [-0.4, -0.2) is 16.8 Å². The predicted molar refractivity (Wildman–Crippen MR) is 85.7 cm³/mol. The molecule has 0 radical (unpaired) electrons. The quantitative estimate of drug-likeness (QED) is 0.642. The smallest absolute Gasteiger partial charge is 0.335 e. The maximum absolute atomic E-state index is 10.8. The van der Waals surface area contributed by atoms with Crippen LogP contribution in [0, 0.1) is 0 Å². The maximum atomic E-state index is 10.8. The van der Waals surface area contributed by atoms with Gasteiger partial charge in [0, 0.05) is 15.6 Å². The fourth-order valence-electron chi connectivity index (χ4n) is 1.67. The Bertz CT molecular complexity index is 697. The van der Waals surface area contributed by atoms with Gasteiger partial charge in [-0.15, -0.1) is 0 Å². The zero-order chi connectivity index (χ0) is 15.4. The summed E-state index contributed by atoms with van der Waals surface area (Å²) >= 11 is 12.0. The second-order valence-corrected chi connectivity index (χ2v) is 5.16. The lowest BCUT2D eigenvalue weighted by atomic mass is 10.1. The first kappa shape index (κ1) is 15.4. The number of benzene rings is 2. The van der Waals surface area contributed by atoms with Gasteiger partial charge in [-0.05, 0) is 49.4 Å². The van der Waals surface area contributed by atoms with Crippen molar-refractivity contribution in [1.82, 2.24) is 0 Å². The lowest BCUT2D eigenvalue weighted by Crippen LogP contribution is -2.01. The fraction of sp³-hybridized carbons (Fsp3) is 0.0667. The first-order valence-corrected chi connectivity index (χ1v) is 6.82. The summed E-state index contributed by atoms with van der Waals surface area (Å²) < 4.78 is 0. The minimum atomic E-state index is -0.966.